The highest BCUT2D eigenvalue weighted by Crippen LogP contribution is 2.26. The van der Waals surface area contributed by atoms with Crippen molar-refractivity contribution in [2.45, 2.75) is 26.2 Å². The van der Waals surface area contributed by atoms with Crippen LogP contribution in [-0.4, -0.2) is 15.9 Å². The minimum atomic E-state index is -0.128. The summed E-state index contributed by atoms with van der Waals surface area (Å²) in [6, 6.07) is 7.68. The molecule has 2 aromatic heterocycles. The van der Waals surface area contributed by atoms with Gasteiger partial charge in [-0.1, -0.05) is 36.4 Å². The SMILES string of the molecule is Cc1ccsc1NC(=O)c1cccc2[nH]c(C3=C/C=C\C=CCCC3)nc12. The summed E-state index contributed by atoms with van der Waals surface area (Å²) in [5, 5.41) is 5.86. The van der Waals surface area contributed by atoms with E-state index in [1.54, 1.807) is 0 Å². The Kier molecular flexibility index (Phi) is 5.03. The summed E-state index contributed by atoms with van der Waals surface area (Å²) in [4.78, 5) is 21.0. The quantitative estimate of drug-likeness (QED) is 0.602. The molecule has 0 spiro atoms. The zero-order valence-electron chi connectivity index (χ0n) is 15.2. The van der Waals surface area contributed by atoms with E-state index in [0.29, 0.717) is 11.1 Å². The van der Waals surface area contributed by atoms with E-state index < -0.39 is 0 Å². The molecule has 4 rings (SSSR count). The lowest BCUT2D eigenvalue weighted by atomic mass is 10.1. The Morgan fingerprint density at radius 3 is 3.00 bits per heavy atom. The van der Waals surface area contributed by atoms with Gasteiger partial charge >= 0.3 is 0 Å². The summed E-state index contributed by atoms with van der Waals surface area (Å²) in [6.07, 6.45) is 13.5. The number of hydrogen-bond donors (Lipinski definition) is 2. The number of aromatic amines is 1. The molecule has 5 heteroatoms. The number of hydrogen-bond acceptors (Lipinski definition) is 3. The number of para-hydroxylation sites is 1. The summed E-state index contributed by atoms with van der Waals surface area (Å²) in [7, 11) is 0. The Bertz CT molecular complexity index is 1070. The third kappa shape index (κ3) is 3.78. The van der Waals surface area contributed by atoms with Gasteiger partial charge < -0.3 is 10.3 Å². The number of imidazole rings is 1. The van der Waals surface area contributed by atoms with Crippen LogP contribution in [0.3, 0.4) is 0 Å². The first-order valence-corrected chi connectivity index (χ1v) is 9.97. The van der Waals surface area contributed by atoms with Crippen LogP contribution < -0.4 is 5.32 Å². The van der Waals surface area contributed by atoms with E-state index in [-0.39, 0.29) is 5.91 Å². The maximum absolute atomic E-state index is 12.8. The van der Waals surface area contributed by atoms with Crippen LogP contribution in [0.4, 0.5) is 5.00 Å². The van der Waals surface area contributed by atoms with Gasteiger partial charge in [0.25, 0.3) is 5.91 Å². The molecule has 2 heterocycles. The van der Waals surface area contributed by atoms with Gasteiger partial charge in [-0.3, -0.25) is 4.79 Å². The highest BCUT2D eigenvalue weighted by Gasteiger charge is 2.16. The molecule has 2 N–H and O–H groups in total. The zero-order valence-corrected chi connectivity index (χ0v) is 16.0. The Morgan fingerprint density at radius 1 is 1.22 bits per heavy atom. The predicted molar refractivity (Wildman–Crippen MR) is 113 cm³/mol. The minimum Gasteiger partial charge on any atom is -0.338 e. The third-order valence-electron chi connectivity index (χ3n) is 4.62. The van der Waals surface area contributed by atoms with Crippen LogP contribution in [0, 0.1) is 6.92 Å². The Hall–Kier alpha value is -2.92. The second kappa shape index (κ2) is 7.76. The van der Waals surface area contributed by atoms with E-state index in [0.717, 1.165) is 46.7 Å². The number of fused-ring (bicyclic) bond motifs is 1. The van der Waals surface area contributed by atoms with Gasteiger partial charge in [-0.2, -0.15) is 0 Å². The topological polar surface area (TPSA) is 57.8 Å². The first-order valence-electron chi connectivity index (χ1n) is 9.09. The number of aryl methyl sites for hydroxylation is 1. The molecule has 1 amide bonds. The van der Waals surface area contributed by atoms with Crippen molar-refractivity contribution in [2.24, 2.45) is 0 Å². The fourth-order valence-electron chi connectivity index (χ4n) is 3.14. The number of aromatic nitrogens is 2. The zero-order chi connectivity index (χ0) is 18.6. The molecule has 0 radical (unpaired) electrons. The molecular formula is C22H21N3OS. The first kappa shape index (κ1) is 17.5. The molecule has 0 saturated heterocycles. The lowest BCUT2D eigenvalue weighted by Gasteiger charge is -2.04. The number of H-pyrrole nitrogens is 1. The van der Waals surface area contributed by atoms with Crippen LogP contribution in [0.2, 0.25) is 0 Å². The monoisotopic (exact) mass is 375 g/mol. The summed E-state index contributed by atoms with van der Waals surface area (Å²) >= 11 is 1.53. The molecule has 0 aliphatic heterocycles. The molecule has 0 fully saturated rings. The number of nitrogens with one attached hydrogen (secondary N) is 2. The van der Waals surface area contributed by atoms with Crippen molar-refractivity contribution in [2.75, 3.05) is 5.32 Å². The average Bonchev–Trinajstić information content (AvgIpc) is 3.29. The molecular weight excluding hydrogens is 354 g/mol. The van der Waals surface area contributed by atoms with Crippen molar-refractivity contribution in [3.05, 3.63) is 77.0 Å². The lowest BCUT2D eigenvalue weighted by Crippen LogP contribution is -2.12. The second-order valence-corrected chi connectivity index (χ2v) is 7.49. The first-order chi connectivity index (χ1) is 13.2. The van der Waals surface area contributed by atoms with Crippen molar-refractivity contribution >= 4 is 38.9 Å². The van der Waals surface area contributed by atoms with Crippen LogP contribution >= 0.6 is 11.3 Å². The number of benzene rings is 1. The molecule has 0 saturated carbocycles. The number of thiophene rings is 1. The fraction of sp³-hybridized carbons (Fsp3) is 0.182. The lowest BCUT2D eigenvalue weighted by molar-refractivity contribution is 0.102. The standard InChI is InChI=1S/C22H21N3OS/c1-15-13-14-27-22(15)25-21(26)17-11-8-12-18-19(17)24-20(23-18)16-9-6-4-2-3-5-7-10-16/h2-4,6,8-9,11-14H,5,7,10H2,1H3,(H,23,24)(H,25,26)/b3-2?,6-4-,16-9?. The van der Waals surface area contributed by atoms with Crippen LogP contribution in [0.5, 0.6) is 0 Å². The summed E-state index contributed by atoms with van der Waals surface area (Å²) in [5.74, 6) is 0.709. The van der Waals surface area contributed by atoms with E-state index in [9.17, 15) is 4.79 Å². The second-order valence-electron chi connectivity index (χ2n) is 6.57. The number of anilines is 1. The van der Waals surface area contributed by atoms with Crippen molar-refractivity contribution < 1.29 is 4.79 Å². The molecule has 4 nitrogen and oxygen atoms in total. The average molecular weight is 375 g/mol. The van der Waals surface area contributed by atoms with E-state index in [4.69, 9.17) is 4.98 Å². The van der Waals surface area contributed by atoms with Gasteiger partial charge in [-0.05, 0) is 60.9 Å². The number of nitrogens with zero attached hydrogens (tertiary/aromatic N) is 1. The summed E-state index contributed by atoms with van der Waals surface area (Å²) < 4.78 is 0. The molecule has 0 bridgehead atoms. The van der Waals surface area contributed by atoms with Crippen LogP contribution in [-0.2, 0) is 0 Å². The van der Waals surface area contributed by atoms with Gasteiger partial charge in [0.2, 0.25) is 0 Å². The normalized spacial score (nSPS) is 15.7. The van der Waals surface area contributed by atoms with Gasteiger partial charge in [-0.15, -0.1) is 11.3 Å². The van der Waals surface area contributed by atoms with Crippen LogP contribution in [0.1, 0.15) is 41.0 Å². The molecule has 1 aromatic carbocycles. The number of allylic oxidation sites excluding steroid dienone is 6. The Labute approximate surface area is 162 Å². The van der Waals surface area contributed by atoms with Crippen LogP contribution in [0.15, 0.2) is 60.0 Å². The molecule has 0 atom stereocenters. The number of carbonyl (C=O) groups excluding carboxylic acids is 1. The molecule has 1 aliphatic rings. The molecule has 27 heavy (non-hydrogen) atoms. The third-order valence-corrected chi connectivity index (χ3v) is 5.56. The van der Waals surface area contributed by atoms with Crippen molar-refractivity contribution in [1.82, 2.24) is 9.97 Å². The smallest absolute Gasteiger partial charge is 0.258 e. The van der Waals surface area contributed by atoms with E-state index in [1.807, 2.05) is 48.7 Å². The van der Waals surface area contributed by atoms with E-state index >= 15 is 0 Å². The van der Waals surface area contributed by atoms with Gasteiger partial charge in [0.1, 0.15) is 11.3 Å². The maximum Gasteiger partial charge on any atom is 0.258 e. The summed E-state index contributed by atoms with van der Waals surface area (Å²) in [5.41, 5.74) is 4.40. The number of carbonyl (C=O) groups is 1. The van der Waals surface area contributed by atoms with Gasteiger partial charge in [0, 0.05) is 0 Å². The Morgan fingerprint density at radius 2 is 2.15 bits per heavy atom. The summed E-state index contributed by atoms with van der Waals surface area (Å²) in [6.45, 7) is 1.99. The van der Waals surface area contributed by atoms with E-state index in [1.165, 1.54) is 11.3 Å². The highest BCUT2D eigenvalue weighted by atomic mass is 32.1. The van der Waals surface area contributed by atoms with Crippen molar-refractivity contribution in [3.8, 4) is 0 Å². The van der Waals surface area contributed by atoms with Crippen molar-refractivity contribution in [1.29, 1.82) is 0 Å². The van der Waals surface area contributed by atoms with Crippen molar-refractivity contribution in [3.63, 3.8) is 0 Å². The van der Waals surface area contributed by atoms with Gasteiger partial charge in [0.05, 0.1) is 16.1 Å². The van der Waals surface area contributed by atoms with Gasteiger partial charge in [0.15, 0.2) is 0 Å². The van der Waals surface area contributed by atoms with Gasteiger partial charge in [-0.25, -0.2) is 4.98 Å². The van der Waals surface area contributed by atoms with E-state index in [2.05, 4.69) is 28.5 Å². The molecule has 3 aromatic rings. The highest BCUT2D eigenvalue weighted by molar-refractivity contribution is 7.14. The minimum absolute atomic E-state index is 0.128. The molecule has 136 valence electrons. The molecule has 1 aliphatic carbocycles. The maximum atomic E-state index is 12.8. The predicted octanol–water partition coefficient (Wildman–Crippen LogP) is 5.86. The largest absolute Gasteiger partial charge is 0.338 e. The fourth-order valence-corrected chi connectivity index (χ4v) is 3.95. The molecule has 0 unspecified atom stereocenters. The number of amides is 1. The van der Waals surface area contributed by atoms with Crippen LogP contribution in [0.25, 0.3) is 16.6 Å². The Balaban J connectivity index is 1.68. The number of rotatable bonds is 3.